The Morgan fingerprint density at radius 3 is 2.55 bits per heavy atom. The lowest BCUT2D eigenvalue weighted by Crippen LogP contribution is -2.48. The molecule has 33 heavy (non-hydrogen) atoms. The molecule has 1 aromatic heterocycles. The highest BCUT2D eigenvalue weighted by atomic mass is 32.2. The molecule has 10 heteroatoms. The molecule has 174 valence electrons. The van der Waals surface area contributed by atoms with Gasteiger partial charge in [0.1, 0.15) is 12.6 Å². The van der Waals surface area contributed by atoms with Gasteiger partial charge in [-0.05, 0) is 50.5 Å². The maximum absolute atomic E-state index is 13.2. The highest BCUT2D eigenvalue weighted by Crippen LogP contribution is 2.26. The number of rotatable bonds is 7. The molecule has 0 aliphatic carbocycles. The number of ether oxygens (including phenoxy) is 1. The second-order valence-electron chi connectivity index (χ2n) is 7.86. The van der Waals surface area contributed by atoms with Crippen LogP contribution in [0.5, 0.6) is 0 Å². The van der Waals surface area contributed by atoms with Crippen molar-refractivity contribution in [1.82, 2.24) is 8.87 Å². The van der Waals surface area contributed by atoms with E-state index in [2.05, 4.69) is 0 Å². The predicted molar refractivity (Wildman–Crippen MR) is 119 cm³/mol. The Labute approximate surface area is 190 Å². The van der Waals surface area contributed by atoms with Gasteiger partial charge in [0.2, 0.25) is 10.0 Å². The first-order chi connectivity index (χ1) is 15.8. The van der Waals surface area contributed by atoms with Gasteiger partial charge in [-0.25, -0.2) is 13.2 Å². The summed E-state index contributed by atoms with van der Waals surface area (Å²) < 4.78 is 39.5. The Bertz CT molecular complexity index is 1340. The van der Waals surface area contributed by atoms with E-state index in [1.807, 2.05) is 0 Å². The third-order valence-electron chi connectivity index (χ3n) is 5.73. The van der Waals surface area contributed by atoms with Crippen molar-refractivity contribution in [3.63, 3.8) is 0 Å². The zero-order chi connectivity index (χ0) is 23.6. The molecule has 0 radical (unpaired) electrons. The Balaban J connectivity index is 1.47. The van der Waals surface area contributed by atoms with Gasteiger partial charge >= 0.3 is 11.7 Å². The molecule has 1 unspecified atom stereocenters. The molecular formula is C23H24N2O7S. The number of hydrogen-bond donors (Lipinski definition) is 0. The number of carbonyl (C=O) groups is 2. The molecule has 0 N–H and O–H groups in total. The van der Waals surface area contributed by atoms with Crippen LogP contribution in [0.4, 0.5) is 0 Å². The normalized spacial score (nSPS) is 17.2. The minimum Gasteiger partial charge on any atom is -0.463 e. The molecule has 1 saturated heterocycles. The first-order valence-corrected chi connectivity index (χ1v) is 12.1. The van der Waals surface area contributed by atoms with Gasteiger partial charge in [0.15, 0.2) is 11.4 Å². The molecule has 3 aromatic rings. The summed E-state index contributed by atoms with van der Waals surface area (Å²) in [5.41, 5.74) is 1.44. The highest BCUT2D eigenvalue weighted by Gasteiger charge is 2.38. The smallest absolute Gasteiger partial charge is 0.420 e. The van der Waals surface area contributed by atoms with E-state index in [4.69, 9.17) is 9.15 Å². The van der Waals surface area contributed by atoms with E-state index in [-0.39, 0.29) is 30.4 Å². The summed E-state index contributed by atoms with van der Waals surface area (Å²) >= 11 is 0. The highest BCUT2D eigenvalue weighted by molar-refractivity contribution is 7.89. The number of carbonyl (C=O) groups excluding carboxylic acids is 2. The van der Waals surface area contributed by atoms with Crippen LogP contribution in [0.2, 0.25) is 0 Å². The van der Waals surface area contributed by atoms with Crippen molar-refractivity contribution in [2.75, 3.05) is 13.2 Å². The number of ketones is 1. The molecular weight excluding hydrogens is 448 g/mol. The lowest BCUT2D eigenvalue weighted by molar-refractivity contribution is -0.149. The zero-order valence-electron chi connectivity index (χ0n) is 18.1. The summed E-state index contributed by atoms with van der Waals surface area (Å²) in [6.45, 7) is 1.59. The Hall–Kier alpha value is -3.24. The molecule has 1 aliphatic heterocycles. The van der Waals surface area contributed by atoms with Gasteiger partial charge in [0, 0.05) is 12.1 Å². The van der Waals surface area contributed by atoms with E-state index in [0.29, 0.717) is 35.9 Å². The standard InChI is InChI=1S/C23H24N2O7S/c1-16(26)17-9-11-18(12-10-17)33(29,30)25-13-5-4-7-20(25)22(27)31-15-14-24-19-6-2-3-8-21(19)32-23(24)28/h2-3,6,8-12,20H,4-5,7,13-15H2,1H3. The number of fused-ring (bicyclic) bond motifs is 1. The van der Waals surface area contributed by atoms with Crippen LogP contribution >= 0.6 is 0 Å². The first kappa shape index (κ1) is 22.9. The van der Waals surface area contributed by atoms with Gasteiger partial charge in [0.25, 0.3) is 0 Å². The van der Waals surface area contributed by atoms with Gasteiger partial charge < -0.3 is 9.15 Å². The van der Waals surface area contributed by atoms with E-state index in [0.717, 1.165) is 0 Å². The van der Waals surface area contributed by atoms with Gasteiger partial charge in [0.05, 0.1) is 17.0 Å². The minimum absolute atomic E-state index is 0.0172. The fourth-order valence-corrected chi connectivity index (χ4v) is 5.63. The van der Waals surface area contributed by atoms with Crippen LogP contribution in [0.3, 0.4) is 0 Å². The number of benzene rings is 2. The second kappa shape index (κ2) is 9.32. The van der Waals surface area contributed by atoms with Gasteiger partial charge in [-0.3, -0.25) is 14.2 Å². The molecule has 0 saturated carbocycles. The monoisotopic (exact) mass is 472 g/mol. The number of nitrogens with zero attached hydrogens (tertiary/aromatic N) is 2. The summed E-state index contributed by atoms with van der Waals surface area (Å²) in [5, 5.41) is 0. The van der Waals surface area contributed by atoms with Crippen molar-refractivity contribution in [2.45, 2.75) is 43.7 Å². The van der Waals surface area contributed by atoms with Crippen LogP contribution in [-0.2, 0) is 26.1 Å². The van der Waals surface area contributed by atoms with Crippen molar-refractivity contribution in [2.24, 2.45) is 0 Å². The average Bonchev–Trinajstić information content (AvgIpc) is 3.14. The number of hydrogen-bond acceptors (Lipinski definition) is 7. The number of para-hydroxylation sites is 2. The van der Waals surface area contributed by atoms with Crippen LogP contribution in [-0.4, -0.2) is 48.2 Å². The molecule has 1 atom stereocenters. The lowest BCUT2D eigenvalue weighted by Gasteiger charge is -2.33. The van der Waals surface area contributed by atoms with Gasteiger partial charge in [-0.1, -0.05) is 24.3 Å². The van der Waals surface area contributed by atoms with Crippen molar-refractivity contribution >= 4 is 32.9 Å². The third kappa shape index (κ3) is 4.62. The van der Waals surface area contributed by atoms with Crippen molar-refractivity contribution < 1.29 is 27.2 Å². The van der Waals surface area contributed by atoms with Gasteiger partial charge in [-0.15, -0.1) is 0 Å². The molecule has 2 heterocycles. The molecule has 1 aliphatic rings. The SMILES string of the molecule is CC(=O)c1ccc(S(=O)(=O)N2CCCCC2C(=O)OCCn2c(=O)oc3ccccc32)cc1. The van der Waals surface area contributed by atoms with E-state index in [1.54, 1.807) is 24.3 Å². The Kier molecular flexibility index (Phi) is 6.48. The fourth-order valence-electron chi connectivity index (χ4n) is 3.98. The molecule has 9 nitrogen and oxygen atoms in total. The summed E-state index contributed by atoms with van der Waals surface area (Å²) in [6, 6.07) is 11.6. The van der Waals surface area contributed by atoms with E-state index in [1.165, 1.54) is 40.1 Å². The van der Waals surface area contributed by atoms with Gasteiger partial charge in [-0.2, -0.15) is 4.31 Å². The quantitative estimate of drug-likeness (QED) is 0.383. The maximum atomic E-state index is 13.2. The second-order valence-corrected chi connectivity index (χ2v) is 9.75. The summed E-state index contributed by atoms with van der Waals surface area (Å²) in [5.74, 6) is -1.37. The van der Waals surface area contributed by atoms with E-state index >= 15 is 0 Å². The van der Waals surface area contributed by atoms with E-state index < -0.39 is 27.8 Å². The number of sulfonamides is 1. The van der Waals surface area contributed by atoms with Crippen LogP contribution in [0.25, 0.3) is 11.1 Å². The Morgan fingerprint density at radius 1 is 1.09 bits per heavy atom. The minimum atomic E-state index is -3.95. The largest absolute Gasteiger partial charge is 0.463 e. The van der Waals surface area contributed by atoms with Crippen molar-refractivity contribution in [1.29, 1.82) is 0 Å². The molecule has 0 amide bonds. The third-order valence-corrected chi connectivity index (χ3v) is 7.65. The fraction of sp³-hybridized carbons (Fsp3) is 0.348. The molecule has 0 bridgehead atoms. The number of Topliss-reactive ketones (excluding diaryl/α,β-unsaturated/α-hetero) is 1. The van der Waals surface area contributed by atoms with Crippen LogP contribution in [0.1, 0.15) is 36.5 Å². The number of oxazole rings is 1. The number of piperidine rings is 1. The van der Waals surface area contributed by atoms with E-state index in [9.17, 15) is 22.8 Å². The van der Waals surface area contributed by atoms with Crippen LogP contribution in [0, 0.1) is 0 Å². The molecule has 2 aromatic carbocycles. The predicted octanol–water partition coefficient (Wildman–Crippen LogP) is 2.58. The summed E-state index contributed by atoms with van der Waals surface area (Å²) in [4.78, 5) is 36.4. The number of esters is 1. The zero-order valence-corrected chi connectivity index (χ0v) is 18.9. The number of aromatic nitrogens is 1. The summed E-state index contributed by atoms with van der Waals surface area (Å²) in [6.07, 6.45) is 1.67. The molecule has 4 rings (SSSR count). The molecule has 1 fully saturated rings. The van der Waals surface area contributed by atoms with Crippen LogP contribution in [0.15, 0.2) is 62.6 Å². The van der Waals surface area contributed by atoms with Crippen molar-refractivity contribution in [3.05, 3.63) is 64.6 Å². The van der Waals surface area contributed by atoms with Crippen LogP contribution < -0.4 is 5.76 Å². The topological polar surface area (TPSA) is 116 Å². The maximum Gasteiger partial charge on any atom is 0.420 e. The lowest BCUT2D eigenvalue weighted by atomic mass is 10.1. The average molecular weight is 473 g/mol. The van der Waals surface area contributed by atoms with Crippen molar-refractivity contribution in [3.8, 4) is 0 Å². The molecule has 0 spiro atoms. The Morgan fingerprint density at radius 2 is 1.82 bits per heavy atom. The summed E-state index contributed by atoms with van der Waals surface area (Å²) in [7, 11) is -3.95. The first-order valence-electron chi connectivity index (χ1n) is 10.7.